The van der Waals surface area contributed by atoms with E-state index in [4.69, 9.17) is 4.74 Å². The van der Waals surface area contributed by atoms with Crippen LogP contribution in [0.4, 0.5) is 0 Å². The summed E-state index contributed by atoms with van der Waals surface area (Å²) in [5, 5.41) is 0. The molecule has 0 heterocycles. The molecule has 0 bridgehead atoms. The molecule has 0 aliphatic rings. The van der Waals surface area contributed by atoms with E-state index in [9.17, 15) is 4.79 Å². The highest BCUT2D eigenvalue weighted by molar-refractivity contribution is 5.70. The van der Waals surface area contributed by atoms with Crippen molar-refractivity contribution < 1.29 is 14.3 Å². The first-order chi connectivity index (χ1) is 4.95. The molecule has 0 aromatic carbocycles. The summed E-state index contributed by atoms with van der Waals surface area (Å²) in [5.74, 6) is -0.325. The molecule has 0 rings (SSSR count). The van der Waals surface area contributed by atoms with Crippen LogP contribution in [0.2, 0.25) is 0 Å². The quantitative estimate of drug-likeness (QED) is 0.582. The lowest BCUT2D eigenvalue weighted by Crippen LogP contribution is -2.19. The summed E-state index contributed by atoms with van der Waals surface area (Å²) in [6.07, 6.45) is 0. The fourth-order valence-corrected chi connectivity index (χ4v) is 0.499. The minimum atomic E-state index is -0.325. The Morgan fingerprint density at radius 2 is 1.91 bits per heavy atom. The van der Waals surface area contributed by atoms with Gasteiger partial charge in [-0.1, -0.05) is 20.8 Å². The molecular weight excluding hydrogens is 144 g/mol. The van der Waals surface area contributed by atoms with Crippen molar-refractivity contribution in [2.75, 3.05) is 20.3 Å². The van der Waals surface area contributed by atoms with Gasteiger partial charge in [-0.25, -0.2) is 4.79 Å². The highest BCUT2D eigenvalue weighted by Crippen LogP contribution is 2.12. The van der Waals surface area contributed by atoms with E-state index >= 15 is 0 Å². The van der Waals surface area contributed by atoms with Crippen molar-refractivity contribution >= 4 is 5.97 Å². The van der Waals surface area contributed by atoms with E-state index in [2.05, 4.69) is 4.74 Å². The second-order valence-electron chi connectivity index (χ2n) is 3.63. The summed E-state index contributed by atoms with van der Waals surface area (Å²) < 4.78 is 9.48. The lowest BCUT2D eigenvalue weighted by atomic mass is 9.99. The van der Waals surface area contributed by atoms with E-state index in [0.29, 0.717) is 6.61 Å². The van der Waals surface area contributed by atoms with E-state index in [1.165, 1.54) is 7.11 Å². The standard InChI is InChI=1S/C8H16O3/c1-8(2,3)6-11-5-7(9)10-4/h5-6H2,1-4H3. The van der Waals surface area contributed by atoms with Crippen LogP contribution in [0.5, 0.6) is 0 Å². The minimum absolute atomic E-state index is 0.0494. The van der Waals surface area contributed by atoms with Gasteiger partial charge in [0.15, 0.2) is 0 Å². The lowest BCUT2D eigenvalue weighted by Gasteiger charge is -2.17. The van der Waals surface area contributed by atoms with Gasteiger partial charge in [-0.05, 0) is 5.41 Å². The topological polar surface area (TPSA) is 35.5 Å². The minimum Gasteiger partial charge on any atom is -0.467 e. The number of hydrogen-bond acceptors (Lipinski definition) is 3. The summed E-state index contributed by atoms with van der Waals surface area (Å²) in [7, 11) is 1.35. The Labute approximate surface area is 67.7 Å². The number of esters is 1. The molecule has 0 radical (unpaired) electrons. The molecule has 0 aromatic rings. The van der Waals surface area contributed by atoms with Gasteiger partial charge in [0.25, 0.3) is 0 Å². The molecule has 0 aliphatic heterocycles. The Morgan fingerprint density at radius 1 is 1.36 bits per heavy atom. The summed E-state index contributed by atoms with van der Waals surface area (Å²) in [4.78, 5) is 10.6. The normalized spacial score (nSPS) is 11.3. The van der Waals surface area contributed by atoms with Gasteiger partial charge in [0, 0.05) is 0 Å². The first-order valence-electron chi connectivity index (χ1n) is 3.60. The fraction of sp³-hybridized carbons (Fsp3) is 0.875. The Balaban J connectivity index is 3.35. The van der Waals surface area contributed by atoms with Crippen molar-refractivity contribution in [3.8, 4) is 0 Å². The van der Waals surface area contributed by atoms with E-state index < -0.39 is 0 Å². The molecular formula is C8H16O3. The van der Waals surface area contributed by atoms with Gasteiger partial charge in [0.1, 0.15) is 6.61 Å². The molecule has 0 aromatic heterocycles. The number of hydrogen-bond donors (Lipinski definition) is 0. The van der Waals surface area contributed by atoms with Crippen molar-refractivity contribution in [3.63, 3.8) is 0 Å². The van der Waals surface area contributed by atoms with Gasteiger partial charge < -0.3 is 9.47 Å². The van der Waals surface area contributed by atoms with Crippen LogP contribution in [0.15, 0.2) is 0 Å². The monoisotopic (exact) mass is 160 g/mol. The number of methoxy groups -OCH3 is 1. The fourth-order valence-electron chi connectivity index (χ4n) is 0.499. The van der Waals surface area contributed by atoms with Crippen LogP contribution >= 0.6 is 0 Å². The van der Waals surface area contributed by atoms with Gasteiger partial charge in [0.05, 0.1) is 13.7 Å². The SMILES string of the molecule is COC(=O)COCC(C)(C)C. The second-order valence-corrected chi connectivity index (χ2v) is 3.63. The average Bonchev–Trinajstić information content (AvgIpc) is 1.85. The molecule has 0 aliphatic carbocycles. The molecule has 66 valence electrons. The third-order valence-corrected chi connectivity index (χ3v) is 0.983. The van der Waals surface area contributed by atoms with Crippen LogP contribution in [-0.4, -0.2) is 26.3 Å². The summed E-state index contributed by atoms with van der Waals surface area (Å²) in [6, 6.07) is 0. The van der Waals surface area contributed by atoms with Crippen LogP contribution in [0, 0.1) is 5.41 Å². The highest BCUT2D eigenvalue weighted by atomic mass is 16.6. The number of carbonyl (C=O) groups is 1. The molecule has 11 heavy (non-hydrogen) atoms. The molecule has 3 heteroatoms. The Hall–Kier alpha value is -0.570. The molecule has 0 atom stereocenters. The van der Waals surface area contributed by atoms with Crippen LogP contribution < -0.4 is 0 Å². The first-order valence-corrected chi connectivity index (χ1v) is 3.60. The number of ether oxygens (including phenoxy) is 2. The first kappa shape index (κ1) is 10.4. The van der Waals surface area contributed by atoms with Gasteiger partial charge in [-0.2, -0.15) is 0 Å². The molecule has 0 spiro atoms. The van der Waals surface area contributed by atoms with E-state index in [0.717, 1.165) is 0 Å². The van der Waals surface area contributed by atoms with Crippen molar-refractivity contribution in [1.82, 2.24) is 0 Å². The number of rotatable bonds is 3. The van der Waals surface area contributed by atoms with Crippen molar-refractivity contribution in [3.05, 3.63) is 0 Å². The van der Waals surface area contributed by atoms with E-state index in [-0.39, 0.29) is 18.0 Å². The maximum atomic E-state index is 10.6. The van der Waals surface area contributed by atoms with Crippen LogP contribution in [-0.2, 0) is 14.3 Å². The van der Waals surface area contributed by atoms with E-state index in [1.807, 2.05) is 20.8 Å². The van der Waals surface area contributed by atoms with Gasteiger partial charge in [0.2, 0.25) is 0 Å². The molecule has 3 nitrogen and oxygen atoms in total. The van der Waals surface area contributed by atoms with Crippen LogP contribution in [0.25, 0.3) is 0 Å². The summed E-state index contributed by atoms with van der Waals surface area (Å²) >= 11 is 0. The summed E-state index contributed by atoms with van der Waals surface area (Å²) in [6.45, 7) is 6.76. The molecule has 0 saturated heterocycles. The zero-order chi connectivity index (χ0) is 8.91. The van der Waals surface area contributed by atoms with Gasteiger partial charge in [-0.15, -0.1) is 0 Å². The Morgan fingerprint density at radius 3 is 2.27 bits per heavy atom. The third kappa shape index (κ3) is 7.33. The molecule has 0 amide bonds. The van der Waals surface area contributed by atoms with Crippen LogP contribution in [0.3, 0.4) is 0 Å². The van der Waals surface area contributed by atoms with Crippen molar-refractivity contribution in [2.45, 2.75) is 20.8 Å². The maximum absolute atomic E-state index is 10.6. The second kappa shape index (κ2) is 4.34. The molecule has 0 N–H and O–H groups in total. The van der Waals surface area contributed by atoms with Crippen molar-refractivity contribution in [2.24, 2.45) is 5.41 Å². The predicted molar refractivity (Wildman–Crippen MR) is 42.3 cm³/mol. The van der Waals surface area contributed by atoms with Crippen LogP contribution in [0.1, 0.15) is 20.8 Å². The Bertz CT molecular complexity index is 124. The Kier molecular flexibility index (Phi) is 4.11. The molecule has 0 fully saturated rings. The molecule has 0 unspecified atom stereocenters. The van der Waals surface area contributed by atoms with E-state index in [1.54, 1.807) is 0 Å². The summed E-state index contributed by atoms with van der Waals surface area (Å²) in [5.41, 5.74) is 0.105. The zero-order valence-corrected chi connectivity index (χ0v) is 7.64. The van der Waals surface area contributed by atoms with Gasteiger partial charge >= 0.3 is 5.97 Å². The highest BCUT2D eigenvalue weighted by Gasteiger charge is 2.11. The lowest BCUT2D eigenvalue weighted by molar-refractivity contribution is -0.146. The van der Waals surface area contributed by atoms with Gasteiger partial charge in [-0.3, -0.25) is 0 Å². The number of carbonyl (C=O) groups excluding carboxylic acids is 1. The third-order valence-electron chi connectivity index (χ3n) is 0.983. The van der Waals surface area contributed by atoms with Crippen molar-refractivity contribution in [1.29, 1.82) is 0 Å². The smallest absolute Gasteiger partial charge is 0.331 e. The predicted octanol–water partition coefficient (Wildman–Crippen LogP) is 1.22. The average molecular weight is 160 g/mol. The maximum Gasteiger partial charge on any atom is 0.331 e. The molecule has 0 saturated carbocycles. The zero-order valence-electron chi connectivity index (χ0n) is 7.64. The largest absolute Gasteiger partial charge is 0.467 e.